The predicted molar refractivity (Wildman–Crippen MR) is 77.1 cm³/mol. The van der Waals surface area contributed by atoms with Gasteiger partial charge in [0, 0.05) is 6.54 Å². The molecule has 2 saturated heterocycles. The maximum Gasteiger partial charge on any atom is 0.315 e. The van der Waals surface area contributed by atoms with Gasteiger partial charge < -0.3 is 25.4 Å². The Morgan fingerprint density at radius 2 is 2.00 bits per heavy atom. The first-order valence-electron chi connectivity index (χ1n) is 7.59. The Balaban J connectivity index is 1.62. The van der Waals surface area contributed by atoms with Crippen LogP contribution in [-0.2, 0) is 9.53 Å². The van der Waals surface area contributed by atoms with Crippen molar-refractivity contribution < 1.29 is 19.4 Å². The zero-order chi connectivity index (χ0) is 15.2. The van der Waals surface area contributed by atoms with E-state index in [0.717, 1.165) is 19.5 Å². The SMILES string of the molecule is CN1CCC(CCNC(=O)NC2COCC2C(=O)O)CC1. The summed E-state index contributed by atoms with van der Waals surface area (Å²) in [5, 5.41) is 14.5. The second-order valence-electron chi connectivity index (χ2n) is 6.02. The van der Waals surface area contributed by atoms with Gasteiger partial charge >= 0.3 is 12.0 Å². The second kappa shape index (κ2) is 7.61. The van der Waals surface area contributed by atoms with Gasteiger partial charge in [-0.15, -0.1) is 0 Å². The number of carbonyl (C=O) groups excluding carboxylic acids is 1. The lowest BCUT2D eigenvalue weighted by Crippen LogP contribution is -2.47. The molecule has 0 bridgehead atoms. The van der Waals surface area contributed by atoms with E-state index in [4.69, 9.17) is 9.84 Å². The molecule has 2 fully saturated rings. The van der Waals surface area contributed by atoms with Crippen LogP contribution in [-0.4, -0.2) is 67.9 Å². The van der Waals surface area contributed by atoms with Crippen molar-refractivity contribution in [3.8, 4) is 0 Å². The van der Waals surface area contributed by atoms with E-state index in [-0.39, 0.29) is 19.2 Å². The molecule has 0 aliphatic carbocycles. The van der Waals surface area contributed by atoms with Crippen molar-refractivity contribution in [2.45, 2.75) is 25.3 Å². The number of carboxylic acids is 1. The number of urea groups is 1. The van der Waals surface area contributed by atoms with E-state index < -0.39 is 17.9 Å². The number of nitrogens with zero attached hydrogens (tertiary/aromatic N) is 1. The van der Waals surface area contributed by atoms with Crippen LogP contribution < -0.4 is 10.6 Å². The van der Waals surface area contributed by atoms with Gasteiger partial charge in [-0.1, -0.05) is 0 Å². The molecule has 2 heterocycles. The number of amides is 2. The summed E-state index contributed by atoms with van der Waals surface area (Å²) in [5.41, 5.74) is 0. The van der Waals surface area contributed by atoms with E-state index in [1.165, 1.54) is 12.8 Å². The molecule has 3 N–H and O–H groups in total. The Labute approximate surface area is 125 Å². The molecule has 0 aromatic rings. The summed E-state index contributed by atoms with van der Waals surface area (Å²) >= 11 is 0. The molecule has 21 heavy (non-hydrogen) atoms. The van der Waals surface area contributed by atoms with Crippen LogP contribution >= 0.6 is 0 Å². The number of carboxylic acid groups (broad SMARTS) is 1. The summed E-state index contributed by atoms with van der Waals surface area (Å²) in [6.45, 7) is 3.30. The fourth-order valence-electron chi connectivity index (χ4n) is 2.90. The lowest BCUT2D eigenvalue weighted by Gasteiger charge is -2.28. The summed E-state index contributed by atoms with van der Waals surface area (Å²) < 4.78 is 5.11. The molecule has 2 aliphatic rings. The van der Waals surface area contributed by atoms with Crippen molar-refractivity contribution in [1.29, 1.82) is 0 Å². The lowest BCUT2D eigenvalue weighted by atomic mass is 9.94. The lowest BCUT2D eigenvalue weighted by molar-refractivity contribution is -0.142. The molecular weight excluding hydrogens is 274 g/mol. The molecule has 120 valence electrons. The summed E-state index contributed by atoms with van der Waals surface area (Å²) in [4.78, 5) is 25.1. The number of likely N-dealkylation sites (tertiary alicyclic amines) is 1. The number of nitrogens with one attached hydrogen (secondary N) is 2. The third kappa shape index (κ3) is 4.86. The van der Waals surface area contributed by atoms with Gasteiger partial charge in [-0.3, -0.25) is 4.79 Å². The molecule has 0 aromatic heterocycles. The highest BCUT2D eigenvalue weighted by atomic mass is 16.5. The molecular formula is C14H25N3O4. The number of ether oxygens (including phenoxy) is 1. The van der Waals surface area contributed by atoms with Crippen molar-refractivity contribution in [2.24, 2.45) is 11.8 Å². The highest BCUT2D eigenvalue weighted by Gasteiger charge is 2.35. The third-order valence-corrected chi connectivity index (χ3v) is 4.39. The number of aliphatic carboxylic acids is 1. The highest BCUT2D eigenvalue weighted by Crippen LogP contribution is 2.18. The van der Waals surface area contributed by atoms with Gasteiger partial charge in [0.2, 0.25) is 0 Å². The molecule has 0 radical (unpaired) electrons. The monoisotopic (exact) mass is 299 g/mol. The topological polar surface area (TPSA) is 90.9 Å². The maximum absolute atomic E-state index is 11.8. The molecule has 0 spiro atoms. The number of piperidine rings is 1. The fourth-order valence-corrected chi connectivity index (χ4v) is 2.90. The number of hydrogen-bond acceptors (Lipinski definition) is 4. The van der Waals surface area contributed by atoms with Gasteiger partial charge in [-0.2, -0.15) is 0 Å². The highest BCUT2D eigenvalue weighted by molar-refractivity contribution is 5.77. The maximum atomic E-state index is 11.8. The normalized spacial score (nSPS) is 27.5. The molecule has 2 atom stereocenters. The van der Waals surface area contributed by atoms with Gasteiger partial charge in [0.25, 0.3) is 0 Å². The zero-order valence-corrected chi connectivity index (χ0v) is 12.5. The van der Waals surface area contributed by atoms with Gasteiger partial charge in [0.1, 0.15) is 5.92 Å². The summed E-state index contributed by atoms with van der Waals surface area (Å²) in [6, 6.07) is -0.740. The average molecular weight is 299 g/mol. The summed E-state index contributed by atoms with van der Waals surface area (Å²) in [6.07, 6.45) is 3.33. The summed E-state index contributed by atoms with van der Waals surface area (Å²) in [5.74, 6) is -0.906. The molecule has 0 saturated carbocycles. The molecule has 2 unspecified atom stereocenters. The Hall–Kier alpha value is -1.34. The largest absolute Gasteiger partial charge is 0.481 e. The van der Waals surface area contributed by atoms with Crippen LogP contribution in [0.25, 0.3) is 0 Å². The first-order valence-corrected chi connectivity index (χ1v) is 7.59. The van der Waals surface area contributed by atoms with Crippen molar-refractivity contribution in [3.63, 3.8) is 0 Å². The predicted octanol–water partition coefficient (Wildman–Crippen LogP) is 0.117. The Morgan fingerprint density at radius 3 is 2.67 bits per heavy atom. The molecule has 7 nitrogen and oxygen atoms in total. The van der Waals surface area contributed by atoms with E-state index in [0.29, 0.717) is 12.5 Å². The van der Waals surface area contributed by atoms with Crippen molar-refractivity contribution in [2.75, 3.05) is 39.9 Å². The van der Waals surface area contributed by atoms with Crippen molar-refractivity contribution in [1.82, 2.24) is 15.5 Å². The van der Waals surface area contributed by atoms with Crippen LogP contribution in [0.1, 0.15) is 19.3 Å². The van der Waals surface area contributed by atoms with Gasteiger partial charge in [-0.05, 0) is 45.3 Å². The third-order valence-electron chi connectivity index (χ3n) is 4.39. The van der Waals surface area contributed by atoms with Crippen LogP contribution in [0.3, 0.4) is 0 Å². The quantitative estimate of drug-likeness (QED) is 0.670. The van der Waals surface area contributed by atoms with Crippen LogP contribution in [0.15, 0.2) is 0 Å². The smallest absolute Gasteiger partial charge is 0.315 e. The van der Waals surface area contributed by atoms with Crippen molar-refractivity contribution in [3.05, 3.63) is 0 Å². The van der Waals surface area contributed by atoms with Crippen LogP contribution in [0.5, 0.6) is 0 Å². The molecule has 2 aliphatic heterocycles. The van der Waals surface area contributed by atoms with Crippen LogP contribution in [0.2, 0.25) is 0 Å². The summed E-state index contributed by atoms with van der Waals surface area (Å²) in [7, 11) is 2.13. The average Bonchev–Trinajstić information content (AvgIpc) is 2.89. The van der Waals surface area contributed by atoms with Crippen LogP contribution in [0, 0.1) is 11.8 Å². The first kappa shape index (κ1) is 16.0. The van der Waals surface area contributed by atoms with Crippen molar-refractivity contribution >= 4 is 12.0 Å². The van der Waals surface area contributed by atoms with E-state index in [2.05, 4.69) is 22.6 Å². The first-order chi connectivity index (χ1) is 10.1. The number of carbonyl (C=O) groups is 2. The second-order valence-corrected chi connectivity index (χ2v) is 6.02. The van der Waals surface area contributed by atoms with Gasteiger partial charge in [-0.25, -0.2) is 4.79 Å². The molecule has 7 heteroatoms. The van der Waals surface area contributed by atoms with Crippen LogP contribution in [0.4, 0.5) is 4.79 Å². The van der Waals surface area contributed by atoms with E-state index in [9.17, 15) is 9.59 Å². The van der Waals surface area contributed by atoms with E-state index in [1.54, 1.807) is 0 Å². The molecule has 2 amide bonds. The van der Waals surface area contributed by atoms with E-state index >= 15 is 0 Å². The minimum absolute atomic E-state index is 0.163. The minimum Gasteiger partial charge on any atom is -0.481 e. The molecule has 0 aromatic carbocycles. The Bertz CT molecular complexity index is 369. The molecule has 2 rings (SSSR count). The van der Waals surface area contributed by atoms with E-state index in [1.807, 2.05) is 0 Å². The number of hydrogen-bond donors (Lipinski definition) is 3. The Kier molecular flexibility index (Phi) is 5.81. The number of rotatable bonds is 5. The Morgan fingerprint density at radius 1 is 1.29 bits per heavy atom. The van der Waals surface area contributed by atoms with Gasteiger partial charge in [0.05, 0.1) is 19.3 Å². The fraction of sp³-hybridized carbons (Fsp3) is 0.857. The standard InChI is InChI=1S/C14H25N3O4/c1-17-6-3-10(4-7-17)2-5-15-14(20)16-12-9-21-8-11(12)13(18)19/h10-12H,2-9H2,1H3,(H,18,19)(H2,15,16,20). The zero-order valence-electron chi connectivity index (χ0n) is 12.5. The minimum atomic E-state index is -0.927. The van der Waals surface area contributed by atoms with Gasteiger partial charge in [0.15, 0.2) is 0 Å².